The molecular weight excluding hydrogens is 332 g/mol. The van der Waals surface area contributed by atoms with Gasteiger partial charge < -0.3 is 19.1 Å². The number of aryl methyl sites for hydroxylation is 1. The fourth-order valence-corrected chi connectivity index (χ4v) is 3.08. The first-order chi connectivity index (χ1) is 12.4. The Hall–Kier alpha value is -2.41. The first-order valence-electron chi connectivity index (χ1n) is 8.89. The lowest BCUT2D eigenvalue weighted by atomic mass is 10.0. The second kappa shape index (κ2) is 7.45. The maximum atomic E-state index is 13.1. The Kier molecular flexibility index (Phi) is 5.27. The molecule has 1 aliphatic heterocycles. The van der Waals surface area contributed by atoms with E-state index < -0.39 is 0 Å². The van der Waals surface area contributed by atoms with E-state index in [9.17, 15) is 4.79 Å². The van der Waals surface area contributed by atoms with Crippen molar-refractivity contribution in [3.05, 3.63) is 40.9 Å². The van der Waals surface area contributed by atoms with E-state index in [4.69, 9.17) is 9.26 Å². The molecule has 3 rings (SSSR count). The minimum Gasteiger partial charge on any atom is -0.368 e. The van der Waals surface area contributed by atoms with Crippen molar-refractivity contribution in [3.63, 3.8) is 0 Å². The highest BCUT2D eigenvalue weighted by Crippen LogP contribution is 2.27. The van der Waals surface area contributed by atoms with Gasteiger partial charge in [0.15, 0.2) is 0 Å². The van der Waals surface area contributed by atoms with Crippen LogP contribution in [0.1, 0.15) is 53.4 Å². The largest absolute Gasteiger partial charge is 0.368 e. The Balaban J connectivity index is 1.82. The summed E-state index contributed by atoms with van der Waals surface area (Å²) in [5, 5.41) is 4.07. The molecule has 1 atom stereocenters. The van der Waals surface area contributed by atoms with Crippen LogP contribution in [-0.2, 0) is 4.74 Å². The fraction of sp³-hybridized carbons (Fsp3) is 0.526. The molecule has 0 spiro atoms. The summed E-state index contributed by atoms with van der Waals surface area (Å²) in [6.45, 7) is 7.28. The standard InChI is InChI=1S/C19H26N4O3/c1-12(2)18-17(13(3)26-21-18)19(24)23-9-10-25-15(11-23)14-7-6-8-16(20-14)22(4)5/h6-8,12,15H,9-11H2,1-5H3/t15-/m1/s1. The van der Waals surface area contributed by atoms with Crippen LogP contribution in [-0.4, -0.2) is 54.7 Å². The van der Waals surface area contributed by atoms with Gasteiger partial charge in [-0.3, -0.25) is 4.79 Å². The molecule has 2 aromatic rings. The second-order valence-electron chi connectivity index (χ2n) is 7.08. The molecule has 0 radical (unpaired) electrons. The summed E-state index contributed by atoms with van der Waals surface area (Å²) in [7, 11) is 3.90. The summed E-state index contributed by atoms with van der Waals surface area (Å²) in [6.07, 6.45) is -0.240. The topological polar surface area (TPSA) is 71.7 Å². The van der Waals surface area contributed by atoms with Gasteiger partial charge in [0.2, 0.25) is 0 Å². The molecule has 0 aliphatic carbocycles. The zero-order chi connectivity index (χ0) is 18.8. The van der Waals surface area contributed by atoms with E-state index >= 15 is 0 Å². The van der Waals surface area contributed by atoms with Gasteiger partial charge >= 0.3 is 0 Å². The molecule has 0 aromatic carbocycles. The number of aromatic nitrogens is 2. The van der Waals surface area contributed by atoms with Gasteiger partial charge in [-0.15, -0.1) is 0 Å². The van der Waals surface area contributed by atoms with E-state index in [0.29, 0.717) is 36.7 Å². The van der Waals surface area contributed by atoms with Crippen LogP contribution < -0.4 is 4.90 Å². The molecule has 7 nitrogen and oxygen atoms in total. The van der Waals surface area contributed by atoms with Gasteiger partial charge in [0.25, 0.3) is 5.91 Å². The molecule has 0 bridgehead atoms. The minimum atomic E-state index is -0.240. The monoisotopic (exact) mass is 358 g/mol. The number of pyridine rings is 1. The summed E-state index contributed by atoms with van der Waals surface area (Å²) in [6, 6.07) is 5.85. The van der Waals surface area contributed by atoms with Crippen molar-refractivity contribution in [1.82, 2.24) is 15.0 Å². The van der Waals surface area contributed by atoms with Gasteiger partial charge in [-0.05, 0) is 25.0 Å². The average Bonchev–Trinajstić information content (AvgIpc) is 3.03. The number of ether oxygens (including phenoxy) is 1. The SMILES string of the molecule is Cc1onc(C(C)C)c1C(=O)N1CCO[C@@H](c2cccc(N(C)C)n2)C1. The molecule has 0 unspecified atom stereocenters. The first-order valence-corrected chi connectivity index (χ1v) is 8.89. The first kappa shape index (κ1) is 18.4. The van der Waals surface area contributed by atoms with Gasteiger partial charge in [0, 0.05) is 20.6 Å². The molecule has 1 aliphatic rings. The zero-order valence-electron chi connectivity index (χ0n) is 16.0. The number of carbonyl (C=O) groups excluding carboxylic acids is 1. The van der Waals surface area contributed by atoms with E-state index in [-0.39, 0.29) is 17.9 Å². The maximum absolute atomic E-state index is 13.1. The molecule has 140 valence electrons. The summed E-state index contributed by atoms with van der Waals surface area (Å²) in [5.74, 6) is 1.51. The Morgan fingerprint density at radius 2 is 2.12 bits per heavy atom. The predicted molar refractivity (Wildman–Crippen MR) is 98.5 cm³/mol. The van der Waals surface area contributed by atoms with Crippen molar-refractivity contribution >= 4 is 11.7 Å². The lowest BCUT2D eigenvalue weighted by Crippen LogP contribution is -2.43. The number of anilines is 1. The number of hydrogen-bond donors (Lipinski definition) is 0. The predicted octanol–water partition coefficient (Wildman–Crippen LogP) is 2.78. The summed E-state index contributed by atoms with van der Waals surface area (Å²) in [4.78, 5) is 21.5. The minimum absolute atomic E-state index is 0.0514. The van der Waals surface area contributed by atoms with Crippen molar-refractivity contribution in [2.75, 3.05) is 38.7 Å². The maximum Gasteiger partial charge on any atom is 0.259 e. The van der Waals surface area contributed by atoms with Crippen molar-refractivity contribution < 1.29 is 14.1 Å². The molecule has 3 heterocycles. The van der Waals surface area contributed by atoms with Crippen LogP contribution in [0.3, 0.4) is 0 Å². The third kappa shape index (κ3) is 3.58. The number of nitrogens with zero attached hydrogens (tertiary/aromatic N) is 4. The number of carbonyl (C=O) groups is 1. The molecule has 0 N–H and O–H groups in total. The van der Waals surface area contributed by atoms with Gasteiger partial charge in [0.05, 0.1) is 24.5 Å². The van der Waals surface area contributed by atoms with Gasteiger partial charge in [0.1, 0.15) is 23.2 Å². The number of rotatable bonds is 4. The average molecular weight is 358 g/mol. The Morgan fingerprint density at radius 1 is 1.35 bits per heavy atom. The third-order valence-corrected chi connectivity index (χ3v) is 4.55. The van der Waals surface area contributed by atoms with Crippen molar-refractivity contribution in [2.45, 2.75) is 32.8 Å². The second-order valence-corrected chi connectivity index (χ2v) is 7.08. The molecule has 2 aromatic heterocycles. The smallest absolute Gasteiger partial charge is 0.259 e. The normalized spacial score (nSPS) is 17.6. The van der Waals surface area contributed by atoms with Crippen LogP contribution >= 0.6 is 0 Å². The van der Waals surface area contributed by atoms with E-state index in [1.807, 2.05) is 55.9 Å². The highest BCUT2D eigenvalue weighted by molar-refractivity contribution is 5.96. The molecule has 26 heavy (non-hydrogen) atoms. The van der Waals surface area contributed by atoms with Crippen molar-refractivity contribution in [3.8, 4) is 0 Å². The molecule has 1 saturated heterocycles. The van der Waals surface area contributed by atoms with Crippen LogP contribution in [0.15, 0.2) is 22.7 Å². The van der Waals surface area contributed by atoms with Gasteiger partial charge in [-0.2, -0.15) is 0 Å². The Bertz CT molecular complexity index is 785. The van der Waals surface area contributed by atoms with Crippen LogP contribution in [0.5, 0.6) is 0 Å². The summed E-state index contributed by atoms with van der Waals surface area (Å²) >= 11 is 0. The zero-order valence-corrected chi connectivity index (χ0v) is 16.0. The van der Waals surface area contributed by atoms with Crippen LogP contribution in [0.25, 0.3) is 0 Å². The third-order valence-electron chi connectivity index (χ3n) is 4.55. The number of morpholine rings is 1. The highest BCUT2D eigenvalue weighted by Gasteiger charge is 2.31. The Labute approximate surface area is 153 Å². The van der Waals surface area contributed by atoms with Crippen molar-refractivity contribution in [1.29, 1.82) is 0 Å². The Morgan fingerprint density at radius 3 is 2.81 bits per heavy atom. The number of hydrogen-bond acceptors (Lipinski definition) is 6. The van der Waals surface area contributed by atoms with Crippen LogP contribution in [0.4, 0.5) is 5.82 Å². The van der Waals surface area contributed by atoms with E-state index in [1.54, 1.807) is 6.92 Å². The lowest BCUT2D eigenvalue weighted by molar-refractivity contribution is -0.0247. The summed E-state index contributed by atoms with van der Waals surface area (Å²) < 4.78 is 11.2. The van der Waals surface area contributed by atoms with Gasteiger partial charge in [-0.1, -0.05) is 25.1 Å². The van der Waals surface area contributed by atoms with E-state index in [1.165, 1.54) is 0 Å². The quantitative estimate of drug-likeness (QED) is 0.837. The molecular formula is C19H26N4O3. The fourth-order valence-electron chi connectivity index (χ4n) is 3.08. The van der Waals surface area contributed by atoms with Crippen LogP contribution in [0, 0.1) is 6.92 Å². The lowest BCUT2D eigenvalue weighted by Gasteiger charge is -2.33. The molecule has 0 saturated carbocycles. The van der Waals surface area contributed by atoms with E-state index in [0.717, 1.165) is 11.5 Å². The van der Waals surface area contributed by atoms with Crippen LogP contribution in [0.2, 0.25) is 0 Å². The molecule has 1 fully saturated rings. The summed E-state index contributed by atoms with van der Waals surface area (Å²) in [5.41, 5.74) is 2.12. The molecule has 7 heteroatoms. The van der Waals surface area contributed by atoms with E-state index in [2.05, 4.69) is 10.1 Å². The van der Waals surface area contributed by atoms with Gasteiger partial charge in [-0.25, -0.2) is 4.98 Å². The highest BCUT2D eigenvalue weighted by atomic mass is 16.5. The number of amides is 1. The van der Waals surface area contributed by atoms with Crippen molar-refractivity contribution in [2.24, 2.45) is 0 Å². The molecule has 1 amide bonds.